The molecule has 1 aliphatic heterocycles. The van der Waals surface area contributed by atoms with Gasteiger partial charge in [-0.05, 0) is 86.7 Å². The molecule has 2 heterocycles. The SMILES string of the molecule is C[C@H](c1ccc(F)cc1)C1(C(N)=O)CCC(NS(=O)(=O)c2ccc3nc(N4CCN(C)CC4)ccc3c2)CC1. The standard InChI is InChI=1S/C29H36FN5O3S/c1-20(21-3-6-23(30)7-4-21)29(28(31)36)13-11-24(12-14-29)33-39(37,38)25-8-9-26-22(19-25)5-10-27(32-26)35-17-15-34(2)16-18-35/h3-10,19-20,24,33H,11-18H2,1-2H3,(H2,31,36)/t20-,24?,29?/m1/s1. The fourth-order valence-corrected chi connectivity index (χ4v) is 7.31. The second-order valence-electron chi connectivity index (χ2n) is 11.0. The summed E-state index contributed by atoms with van der Waals surface area (Å²) < 4.78 is 42.9. The number of carbonyl (C=O) groups is 1. The minimum atomic E-state index is -3.77. The molecule has 2 aliphatic rings. The predicted molar refractivity (Wildman–Crippen MR) is 150 cm³/mol. The van der Waals surface area contributed by atoms with E-state index in [1.54, 1.807) is 30.3 Å². The number of carbonyl (C=O) groups excluding carboxylic acids is 1. The Morgan fingerprint density at radius 1 is 1.05 bits per heavy atom. The number of rotatable bonds is 7. The summed E-state index contributed by atoms with van der Waals surface area (Å²) in [5.41, 5.74) is 6.67. The molecule has 3 N–H and O–H groups in total. The summed E-state index contributed by atoms with van der Waals surface area (Å²) in [6.07, 6.45) is 1.87. The van der Waals surface area contributed by atoms with Crippen LogP contribution in [0.4, 0.5) is 10.2 Å². The molecule has 0 bridgehead atoms. The van der Waals surface area contributed by atoms with Gasteiger partial charge in [0, 0.05) is 37.6 Å². The van der Waals surface area contributed by atoms with Crippen LogP contribution in [0.15, 0.2) is 59.5 Å². The molecule has 10 heteroatoms. The van der Waals surface area contributed by atoms with E-state index in [0.29, 0.717) is 25.7 Å². The molecular weight excluding hydrogens is 517 g/mol. The van der Waals surface area contributed by atoms with Crippen LogP contribution in [-0.4, -0.2) is 63.5 Å². The molecule has 1 amide bonds. The lowest BCUT2D eigenvalue weighted by molar-refractivity contribution is -0.131. The number of nitrogens with zero attached hydrogens (tertiary/aromatic N) is 3. The van der Waals surface area contributed by atoms with Gasteiger partial charge in [0.15, 0.2) is 0 Å². The molecule has 5 rings (SSSR count). The van der Waals surface area contributed by atoms with Gasteiger partial charge < -0.3 is 15.5 Å². The first-order valence-electron chi connectivity index (χ1n) is 13.5. The molecule has 1 atom stereocenters. The summed E-state index contributed by atoms with van der Waals surface area (Å²) in [6, 6.07) is 14.7. The second kappa shape index (κ2) is 10.8. The number of primary amides is 1. The van der Waals surface area contributed by atoms with Crippen molar-refractivity contribution in [3.8, 4) is 0 Å². The molecule has 1 aromatic heterocycles. The number of sulfonamides is 1. The largest absolute Gasteiger partial charge is 0.369 e. The third-order valence-corrected chi connectivity index (χ3v) is 10.2. The van der Waals surface area contributed by atoms with Crippen LogP contribution in [0.1, 0.15) is 44.1 Å². The number of hydrogen-bond acceptors (Lipinski definition) is 6. The number of hydrogen-bond donors (Lipinski definition) is 2. The number of fused-ring (bicyclic) bond motifs is 1. The van der Waals surface area contributed by atoms with Crippen molar-refractivity contribution >= 4 is 32.7 Å². The van der Waals surface area contributed by atoms with Gasteiger partial charge >= 0.3 is 0 Å². The Hall–Kier alpha value is -3.08. The average Bonchev–Trinajstić information content (AvgIpc) is 2.93. The Balaban J connectivity index is 1.27. The molecule has 208 valence electrons. The number of anilines is 1. The number of aromatic nitrogens is 1. The van der Waals surface area contributed by atoms with Crippen molar-refractivity contribution in [2.24, 2.45) is 11.1 Å². The Morgan fingerprint density at radius 2 is 1.72 bits per heavy atom. The Kier molecular flexibility index (Phi) is 7.63. The third kappa shape index (κ3) is 5.64. The third-order valence-electron chi connectivity index (χ3n) is 8.67. The fraction of sp³-hybridized carbons (Fsp3) is 0.448. The summed E-state index contributed by atoms with van der Waals surface area (Å²) in [5, 5.41) is 0.764. The molecule has 8 nitrogen and oxygen atoms in total. The summed E-state index contributed by atoms with van der Waals surface area (Å²) in [6.45, 7) is 5.71. The zero-order valence-corrected chi connectivity index (χ0v) is 23.3. The van der Waals surface area contributed by atoms with Gasteiger partial charge in [0.1, 0.15) is 11.6 Å². The molecule has 1 saturated heterocycles. The van der Waals surface area contributed by atoms with E-state index in [1.165, 1.54) is 12.1 Å². The van der Waals surface area contributed by atoms with E-state index in [1.807, 2.05) is 19.1 Å². The highest BCUT2D eigenvalue weighted by Gasteiger charge is 2.45. The topological polar surface area (TPSA) is 109 Å². The number of benzene rings is 2. The van der Waals surface area contributed by atoms with Crippen LogP contribution in [0.3, 0.4) is 0 Å². The normalized spacial score (nSPS) is 23.6. The maximum atomic E-state index is 13.4. The van der Waals surface area contributed by atoms with E-state index in [9.17, 15) is 17.6 Å². The Labute approximate surface area is 229 Å². The number of likely N-dealkylation sites (N-methyl/N-ethyl adjacent to an activating group) is 1. The highest BCUT2D eigenvalue weighted by molar-refractivity contribution is 7.89. The maximum absolute atomic E-state index is 13.4. The highest BCUT2D eigenvalue weighted by atomic mass is 32.2. The minimum absolute atomic E-state index is 0.190. The zero-order chi connectivity index (χ0) is 27.8. The lowest BCUT2D eigenvalue weighted by Gasteiger charge is -2.42. The lowest BCUT2D eigenvalue weighted by Crippen LogP contribution is -2.48. The first-order valence-corrected chi connectivity index (χ1v) is 15.0. The van der Waals surface area contributed by atoms with Crippen molar-refractivity contribution in [2.75, 3.05) is 38.1 Å². The molecule has 0 spiro atoms. The van der Waals surface area contributed by atoms with Gasteiger partial charge in [-0.15, -0.1) is 0 Å². The van der Waals surface area contributed by atoms with Crippen LogP contribution in [0.5, 0.6) is 0 Å². The van der Waals surface area contributed by atoms with Crippen LogP contribution in [0.2, 0.25) is 0 Å². The second-order valence-corrected chi connectivity index (χ2v) is 12.7. The molecule has 2 aromatic carbocycles. The van der Waals surface area contributed by atoms with Crippen molar-refractivity contribution < 1.29 is 17.6 Å². The smallest absolute Gasteiger partial charge is 0.240 e. The molecule has 1 saturated carbocycles. The van der Waals surface area contributed by atoms with Gasteiger partial charge in [-0.1, -0.05) is 19.1 Å². The summed E-state index contributed by atoms with van der Waals surface area (Å²) in [5.74, 6) is -0.0491. The van der Waals surface area contributed by atoms with E-state index >= 15 is 0 Å². The van der Waals surface area contributed by atoms with E-state index < -0.39 is 21.3 Å². The first kappa shape index (κ1) is 27.5. The van der Waals surface area contributed by atoms with Crippen LogP contribution in [0, 0.1) is 11.2 Å². The van der Waals surface area contributed by atoms with Gasteiger partial charge in [-0.2, -0.15) is 0 Å². The predicted octanol–water partition coefficient (Wildman–Crippen LogP) is 3.62. The number of halogens is 1. The number of piperazine rings is 1. The minimum Gasteiger partial charge on any atom is -0.369 e. The summed E-state index contributed by atoms with van der Waals surface area (Å²) >= 11 is 0. The van der Waals surface area contributed by atoms with Gasteiger partial charge in [0.2, 0.25) is 15.9 Å². The van der Waals surface area contributed by atoms with Gasteiger partial charge in [-0.25, -0.2) is 22.5 Å². The quantitative estimate of drug-likeness (QED) is 0.463. The van der Waals surface area contributed by atoms with Crippen molar-refractivity contribution in [3.63, 3.8) is 0 Å². The molecule has 0 unspecified atom stereocenters. The van der Waals surface area contributed by atoms with E-state index in [-0.39, 0.29) is 22.7 Å². The lowest BCUT2D eigenvalue weighted by atomic mass is 9.63. The summed E-state index contributed by atoms with van der Waals surface area (Å²) in [7, 11) is -1.67. The molecular formula is C29H36FN5O3S. The number of amides is 1. The highest BCUT2D eigenvalue weighted by Crippen LogP contribution is 2.47. The monoisotopic (exact) mass is 553 g/mol. The van der Waals surface area contributed by atoms with Crippen molar-refractivity contribution in [2.45, 2.75) is 49.5 Å². The number of nitrogens with one attached hydrogen (secondary N) is 1. The van der Waals surface area contributed by atoms with Crippen LogP contribution in [-0.2, 0) is 14.8 Å². The average molecular weight is 554 g/mol. The Bertz CT molecular complexity index is 1450. The molecule has 0 radical (unpaired) electrons. The van der Waals surface area contributed by atoms with Gasteiger partial charge in [-0.3, -0.25) is 4.79 Å². The fourth-order valence-electron chi connectivity index (χ4n) is 5.97. The number of pyridine rings is 1. The van der Waals surface area contributed by atoms with E-state index in [4.69, 9.17) is 10.7 Å². The maximum Gasteiger partial charge on any atom is 0.240 e. The number of nitrogens with two attached hydrogens (primary N) is 1. The van der Waals surface area contributed by atoms with Gasteiger partial charge in [0.25, 0.3) is 0 Å². The molecule has 2 fully saturated rings. The van der Waals surface area contributed by atoms with E-state index in [0.717, 1.165) is 48.5 Å². The van der Waals surface area contributed by atoms with Crippen molar-refractivity contribution in [1.82, 2.24) is 14.6 Å². The molecule has 3 aromatic rings. The van der Waals surface area contributed by atoms with Crippen LogP contribution >= 0.6 is 0 Å². The van der Waals surface area contributed by atoms with Crippen LogP contribution in [0.25, 0.3) is 10.9 Å². The van der Waals surface area contributed by atoms with Crippen molar-refractivity contribution in [3.05, 3.63) is 66.0 Å². The van der Waals surface area contributed by atoms with Gasteiger partial charge in [0.05, 0.1) is 15.8 Å². The summed E-state index contributed by atoms with van der Waals surface area (Å²) in [4.78, 5) is 22.1. The molecule has 39 heavy (non-hydrogen) atoms. The Morgan fingerprint density at radius 3 is 2.36 bits per heavy atom. The van der Waals surface area contributed by atoms with Crippen LogP contribution < -0.4 is 15.4 Å². The van der Waals surface area contributed by atoms with Crippen molar-refractivity contribution in [1.29, 1.82) is 0 Å². The zero-order valence-electron chi connectivity index (χ0n) is 22.4. The molecule has 1 aliphatic carbocycles. The van der Waals surface area contributed by atoms with E-state index in [2.05, 4.69) is 21.6 Å². The first-order chi connectivity index (χ1) is 18.6.